The molecule has 0 aliphatic rings. The van der Waals surface area contributed by atoms with Crippen molar-refractivity contribution in [3.05, 3.63) is 24.0 Å². The molecule has 25 heavy (non-hydrogen) atoms. The molecule has 1 amide bonds. The van der Waals surface area contributed by atoms with Crippen LogP contribution in [0.3, 0.4) is 0 Å². The van der Waals surface area contributed by atoms with Gasteiger partial charge < -0.3 is 16.0 Å². The maximum Gasteiger partial charge on any atom is 0.220 e. The molecule has 1 unspecified atom stereocenters. The molecule has 0 aliphatic heterocycles. The first-order valence-corrected chi connectivity index (χ1v) is 9.37. The molecule has 0 aromatic carbocycles. The molecule has 0 aromatic rings. The summed E-state index contributed by atoms with van der Waals surface area (Å²) in [7, 11) is 1.74. The Balaban J connectivity index is 4.43. The van der Waals surface area contributed by atoms with Crippen molar-refractivity contribution in [2.75, 3.05) is 13.6 Å². The Hall–Kier alpha value is -1.78. The van der Waals surface area contributed by atoms with Gasteiger partial charge in [0, 0.05) is 38.3 Å². The Kier molecular flexibility index (Phi) is 12.5. The van der Waals surface area contributed by atoms with Crippen molar-refractivity contribution in [1.29, 1.82) is 0 Å². The summed E-state index contributed by atoms with van der Waals surface area (Å²) in [5.74, 6) is 1.50. The summed E-state index contributed by atoms with van der Waals surface area (Å²) in [6, 6.07) is -0.0163. The molecule has 5 heteroatoms. The molecule has 5 nitrogen and oxygen atoms in total. The molecule has 0 rings (SSSR count). The Morgan fingerprint density at radius 2 is 1.88 bits per heavy atom. The van der Waals surface area contributed by atoms with E-state index < -0.39 is 0 Å². The van der Waals surface area contributed by atoms with E-state index in [1.54, 1.807) is 7.05 Å². The third-order valence-electron chi connectivity index (χ3n) is 3.79. The lowest BCUT2D eigenvalue weighted by molar-refractivity contribution is -0.121. The van der Waals surface area contributed by atoms with E-state index in [1.807, 2.05) is 20.0 Å². The van der Waals surface area contributed by atoms with Gasteiger partial charge in [0.15, 0.2) is 0 Å². The summed E-state index contributed by atoms with van der Waals surface area (Å²) >= 11 is 0. The SMILES string of the molecule is C=C(NCCC(C)C)C(CCC)NC(=O)CCC(=NC)NC=C(C)C. The number of amides is 1. The van der Waals surface area contributed by atoms with E-state index in [4.69, 9.17) is 0 Å². The Labute approximate surface area is 154 Å². The van der Waals surface area contributed by atoms with Crippen LogP contribution in [0.1, 0.15) is 66.7 Å². The maximum absolute atomic E-state index is 12.3. The first-order valence-electron chi connectivity index (χ1n) is 9.37. The second kappa shape index (κ2) is 13.5. The van der Waals surface area contributed by atoms with Gasteiger partial charge in [-0.2, -0.15) is 0 Å². The molecular weight excluding hydrogens is 312 g/mol. The van der Waals surface area contributed by atoms with Crippen molar-refractivity contribution in [3.63, 3.8) is 0 Å². The number of hydrogen-bond acceptors (Lipinski definition) is 3. The van der Waals surface area contributed by atoms with Gasteiger partial charge in [-0.15, -0.1) is 0 Å². The lowest BCUT2D eigenvalue weighted by Gasteiger charge is -2.22. The van der Waals surface area contributed by atoms with E-state index in [9.17, 15) is 4.79 Å². The molecule has 3 N–H and O–H groups in total. The molecule has 0 aromatic heterocycles. The van der Waals surface area contributed by atoms with Crippen LogP contribution in [0.2, 0.25) is 0 Å². The van der Waals surface area contributed by atoms with E-state index in [0.717, 1.165) is 42.9 Å². The van der Waals surface area contributed by atoms with Crippen LogP contribution in [0.25, 0.3) is 0 Å². The van der Waals surface area contributed by atoms with E-state index in [2.05, 4.69) is 48.3 Å². The van der Waals surface area contributed by atoms with Crippen molar-refractivity contribution in [3.8, 4) is 0 Å². The quantitative estimate of drug-likeness (QED) is 0.371. The fourth-order valence-corrected chi connectivity index (χ4v) is 2.24. The number of nitrogens with one attached hydrogen (secondary N) is 3. The van der Waals surface area contributed by atoms with E-state index >= 15 is 0 Å². The number of aliphatic imine (C=N–C) groups is 1. The van der Waals surface area contributed by atoms with Crippen molar-refractivity contribution in [1.82, 2.24) is 16.0 Å². The van der Waals surface area contributed by atoms with Crippen LogP contribution >= 0.6 is 0 Å². The third-order valence-corrected chi connectivity index (χ3v) is 3.79. The first-order chi connectivity index (χ1) is 11.8. The molecule has 0 heterocycles. The zero-order chi connectivity index (χ0) is 19.2. The number of hydrogen-bond donors (Lipinski definition) is 3. The predicted molar refractivity (Wildman–Crippen MR) is 109 cm³/mol. The van der Waals surface area contributed by atoms with Crippen LogP contribution < -0.4 is 16.0 Å². The zero-order valence-electron chi connectivity index (χ0n) is 17.0. The lowest BCUT2D eigenvalue weighted by atomic mass is 10.1. The normalized spacial score (nSPS) is 12.5. The van der Waals surface area contributed by atoms with Crippen LogP contribution in [0.15, 0.2) is 29.0 Å². The highest BCUT2D eigenvalue weighted by Gasteiger charge is 2.15. The minimum atomic E-state index is -0.0163. The second-order valence-electron chi connectivity index (χ2n) is 7.08. The summed E-state index contributed by atoms with van der Waals surface area (Å²) in [6.45, 7) is 15.6. The van der Waals surface area contributed by atoms with Gasteiger partial charge in [-0.05, 0) is 32.6 Å². The Morgan fingerprint density at radius 1 is 1.20 bits per heavy atom. The molecule has 0 saturated heterocycles. The molecule has 0 saturated carbocycles. The van der Waals surface area contributed by atoms with Crippen LogP contribution in [0.5, 0.6) is 0 Å². The first kappa shape index (κ1) is 23.2. The third kappa shape index (κ3) is 12.3. The van der Waals surface area contributed by atoms with Crippen LogP contribution in [-0.2, 0) is 4.79 Å². The molecule has 1 atom stereocenters. The monoisotopic (exact) mass is 350 g/mol. The summed E-state index contributed by atoms with van der Waals surface area (Å²) in [6.07, 6.45) is 5.90. The minimum Gasteiger partial charge on any atom is -0.387 e. The molecule has 144 valence electrons. The second-order valence-corrected chi connectivity index (χ2v) is 7.08. The van der Waals surface area contributed by atoms with Gasteiger partial charge in [0.1, 0.15) is 5.84 Å². The summed E-state index contributed by atoms with van der Waals surface area (Å²) < 4.78 is 0. The van der Waals surface area contributed by atoms with Gasteiger partial charge >= 0.3 is 0 Å². The van der Waals surface area contributed by atoms with E-state index in [-0.39, 0.29) is 11.9 Å². The van der Waals surface area contributed by atoms with Gasteiger partial charge in [0.05, 0.1) is 6.04 Å². The highest BCUT2D eigenvalue weighted by molar-refractivity contribution is 5.87. The number of rotatable bonds is 12. The predicted octanol–water partition coefficient (Wildman–Crippen LogP) is 3.74. The van der Waals surface area contributed by atoms with E-state index in [0.29, 0.717) is 18.8 Å². The minimum absolute atomic E-state index is 0.0163. The highest BCUT2D eigenvalue weighted by Crippen LogP contribution is 2.07. The molecular formula is C20H38N4O. The number of nitrogens with zero attached hydrogens (tertiary/aromatic N) is 1. The molecule has 0 radical (unpaired) electrons. The maximum atomic E-state index is 12.3. The smallest absolute Gasteiger partial charge is 0.220 e. The Morgan fingerprint density at radius 3 is 2.40 bits per heavy atom. The lowest BCUT2D eigenvalue weighted by Crippen LogP contribution is -2.40. The number of carbonyl (C=O) groups is 1. The van der Waals surface area contributed by atoms with Crippen LogP contribution in [-0.4, -0.2) is 31.4 Å². The van der Waals surface area contributed by atoms with Crippen LogP contribution in [0.4, 0.5) is 0 Å². The fourth-order valence-electron chi connectivity index (χ4n) is 2.24. The number of allylic oxidation sites excluding steroid dienone is 1. The topological polar surface area (TPSA) is 65.5 Å². The zero-order valence-corrected chi connectivity index (χ0v) is 17.0. The molecule has 0 spiro atoms. The summed E-state index contributed by atoms with van der Waals surface area (Å²) in [5, 5.41) is 9.60. The standard InChI is InChI=1S/C20H38N4O/c1-8-9-18(17(6)22-13-12-15(2)3)24-20(25)11-10-19(21-7)23-14-16(4)5/h14-15,18,22H,6,8-13H2,1-5,7H3,(H,21,23)(H,24,25). The average molecular weight is 351 g/mol. The van der Waals surface area contributed by atoms with Gasteiger partial charge in [0.2, 0.25) is 5.91 Å². The van der Waals surface area contributed by atoms with Gasteiger partial charge in [-0.25, -0.2) is 0 Å². The van der Waals surface area contributed by atoms with Crippen molar-refractivity contribution in [2.45, 2.75) is 72.8 Å². The van der Waals surface area contributed by atoms with E-state index in [1.165, 1.54) is 0 Å². The van der Waals surface area contributed by atoms with Gasteiger partial charge in [0.25, 0.3) is 0 Å². The van der Waals surface area contributed by atoms with Crippen molar-refractivity contribution < 1.29 is 4.79 Å². The van der Waals surface area contributed by atoms with Gasteiger partial charge in [-0.1, -0.05) is 39.3 Å². The number of amidine groups is 1. The van der Waals surface area contributed by atoms with Crippen molar-refractivity contribution in [2.24, 2.45) is 10.9 Å². The number of carbonyl (C=O) groups excluding carboxylic acids is 1. The molecule has 0 bridgehead atoms. The van der Waals surface area contributed by atoms with Crippen LogP contribution in [0, 0.1) is 5.92 Å². The summed E-state index contributed by atoms with van der Waals surface area (Å²) in [5.41, 5.74) is 2.07. The fraction of sp³-hybridized carbons (Fsp3) is 0.700. The van der Waals surface area contributed by atoms with Crippen molar-refractivity contribution >= 4 is 11.7 Å². The highest BCUT2D eigenvalue weighted by atomic mass is 16.1. The van der Waals surface area contributed by atoms with Gasteiger partial charge in [-0.3, -0.25) is 9.79 Å². The largest absolute Gasteiger partial charge is 0.387 e. The Bertz CT molecular complexity index is 462. The molecule has 0 aliphatic carbocycles. The summed E-state index contributed by atoms with van der Waals surface area (Å²) in [4.78, 5) is 16.5. The average Bonchev–Trinajstić information content (AvgIpc) is 2.53. The molecule has 0 fully saturated rings.